The van der Waals surface area contributed by atoms with Gasteiger partial charge in [0.2, 0.25) is 0 Å². The molecule has 0 aromatic carbocycles. The molecule has 0 bridgehead atoms. The van der Waals surface area contributed by atoms with Crippen LogP contribution in [0.2, 0.25) is 0 Å². The van der Waals surface area contributed by atoms with E-state index in [-0.39, 0.29) is 6.61 Å². The number of hydrogen-bond acceptors (Lipinski definition) is 3. The maximum absolute atomic E-state index is 8.52. The van der Waals surface area contributed by atoms with Crippen LogP contribution in [-0.2, 0) is 0 Å². The zero-order valence-electron chi connectivity index (χ0n) is 7.14. The van der Waals surface area contributed by atoms with Crippen LogP contribution in [0, 0.1) is 11.3 Å². The molecule has 0 spiro atoms. The van der Waals surface area contributed by atoms with E-state index in [0.29, 0.717) is 12.1 Å². The SMILES string of the molecule is N#Cc1ccc(C=CCCO)cn1. The summed E-state index contributed by atoms with van der Waals surface area (Å²) in [5.74, 6) is 0. The molecule has 0 saturated heterocycles. The molecule has 66 valence electrons. The van der Waals surface area contributed by atoms with E-state index in [9.17, 15) is 0 Å². The first kappa shape index (κ1) is 9.43. The molecule has 1 rings (SSSR count). The maximum Gasteiger partial charge on any atom is 0.140 e. The van der Waals surface area contributed by atoms with Crippen LogP contribution < -0.4 is 0 Å². The zero-order chi connectivity index (χ0) is 9.52. The van der Waals surface area contributed by atoms with Gasteiger partial charge in [0.1, 0.15) is 11.8 Å². The number of aromatic nitrogens is 1. The van der Waals surface area contributed by atoms with Gasteiger partial charge in [0.15, 0.2) is 0 Å². The fraction of sp³-hybridized carbons (Fsp3) is 0.200. The lowest BCUT2D eigenvalue weighted by molar-refractivity contribution is 0.303. The third kappa shape index (κ3) is 3.06. The van der Waals surface area contributed by atoms with E-state index in [1.54, 1.807) is 12.3 Å². The van der Waals surface area contributed by atoms with Gasteiger partial charge >= 0.3 is 0 Å². The molecule has 1 aromatic rings. The van der Waals surface area contributed by atoms with Crippen molar-refractivity contribution in [2.75, 3.05) is 6.61 Å². The van der Waals surface area contributed by atoms with Crippen LogP contribution in [0.25, 0.3) is 6.08 Å². The van der Waals surface area contributed by atoms with Crippen molar-refractivity contribution >= 4 is 6.08 Å². The second-order valence-electron chi connectivity index (χ2n) is 2.50. The second kappa shape index (κ2) is 5.07. The molecule has 1 N–H and O–H groups in total. The molecular formula is C10H10N2O. The lowest BCUT2D eigenvalue weighted by Gasteiger charge is -1.91. The van der Waals surface area contributed by atoms with Crippen LogP contribution >= 0.6 is 0 Å². The smallest absolute Gasteiger partial charge is 0.140 e. The maximum atomic E-state index is 8.52. The first-order valence-electron chi connectivity index (χ1n) is 4.00. The van der Waals surface area contributed by atoms with Crippen molar-refractivity contribution in [3.63, 3.8) is 0 Å². The van der Waals surface area contributed by atoms with Gasteiger partial charge in [0.05, 0.1) is 0 Å². The molecular weight excluding hydrogens is 164 g/mol. The molecule has 0 aliphatic heterocycles. The first-order valence-corrected chi connectivity index (χ1v) is 4.00. The highest BCUT2D eigenvalue weighted by Crippen LogP contribution is 2.02. The molecule has 0 unspecified atom stereocenters. The minimum Gasteiger partial charge on any atom is -0.396 e. The first-order chi connectivity index (χ1) is 6.36. The average molecular weight is 174 g/mol. The van der Waals surface area contributed by atoms with Crippen molar-refractivity contribution in [2.24, 2.45) is 0 Å². The molecule has 0 radical (unpaired) electrons. The van der Waals surface area contributed by atoms with Crippen LogP contribution in [0.15, 0.2) is 24.4 Å². The highest BCUT2D eigenvalue weighted by atomic mass is 16.2. The fourth-order valence-corrected chi connectivity index (χ4v) is 0.864. The lowest BCUT2D eigenvalue weighted by atomic mass is 10.2. The summed E-state index contributed by atoms with van der Waals surface area (Å²) in [5.41, 5.74) is 1.35. The minimum absolute atomic E-state index is 0.153. The molecule has 0 aliphatic carbocycles. The van der Waals surface area contributed by atoms with Gasteiger partial charge in [-0.2, -0.15) is 5.26 Å². The number of nitrogens with zero attached hydrogens (tertiary/aromatic N) is 2. The second-order valence-corrected chi connectivity index (χ2v) is 2.50. The van der Waals surface area contributed by atoms with Crippen LogP contribution in [0.1, 0.15) is 17.7 Å². The summed E-state index contributed by atoms with van der Waals surface area (Å²) in [5, 5.41) is 17.0. The predicted molar refractivity (Wildman–Crippen MR) is 49.7 cm³/mol. The van der Waals surface area contributed by atoms with E-state index >= 15 is 0 Å². The molecule has 0 aliphatic rings. The van der Waals surface area contributed by atoms with Crippen LogP contribution in [0.5, 0.6) is 0 Å². The molecule has 3 nitrogen and oxygen atoms in total. The minimum atomic E-state index is 0.153. The predicted octanol–water partition coefficient (Wildman–Crippen LogP) is 1.35. The van der Waals surface area contributed by atoms with Crippen molar-refractivity contribution < 1.29 is 5.11 Å². The number of pyridine rings is 1. The summed E-state index contributed by atoms with van der Waals surface area (Å²) in [6, 6.07) is 5.43. The number of aliphatic hydroxyl groups is 1. The largest absolute Gasteiger partial charge is 0.396 e. The van der Waals surface area contributed by atoms with Crippen molar-refractivity contribution in [3.05, 3.63) is 35.7 Å². The third-order valence-electron chi connectivity index (χ3n) is 1.51. The Balaban J connectivity index is 2.65. The number of rotatable bonds is 3. The van der Waals surface area contributed by atoms with E-state index in [1.807, 2.05) is 24.3 Å². The van der Waals surface area contributed by atoms with Gasteiger partial charge in [-0.3, -0.25) is 0 Å². The monoisotopic (exact) mass is 174 g/mol. The fourth-order valence-electron chi connectivity index (χ4n) is 0.864. The van der Waals surface area contributed by atoms with Crippen molar-refractivity contribution in [1.29, 1.82) is 5.26 Å². The van der Waals surface area contributed by atoms with E-state index in [1.165, 1.54) is 0 Å². The van der Waals surface area contributed by atoms with Gasteiger partial charge in [0.25, 0.3) is 0 Å². The quantitative estimate of drug-likeness (QED) is 0.752. The molecule has 1 heterocycles. The normalized spacial score (nSPS) is 10.2. The number of nitriles is 1. The highest BCUT2D eigenvalue weighted by Gasteiger charge is 1.89. The van der Waals surface area contributed by atoms with Gasteiger partial charge in [-0.1, -0.05) is 18.2 Å². The lowest BCUT2D eigenvalue weighted by Crippen LogP contribution is -1.82. The van der Waals surface area contributed by atoms with Gasteiger partial charge in [-0.15, -0.1) is 0 Å². The Morgan fingerprint density at radius 2 is 2.38 bits per heavy atom. The zero-order valence-corrected chi connectivity index (χ0v) is 7.14. The van der Waals surface area contributed by atoms with E-state index < -0.39 is 0 Å². The standard InChI is InChI=1S/C10H10N2O/c11-7-10-5-4-9(8-12-10)3-1-2-6-13/h1,3-5,8,13H,2,6H2. The molecule has 0 saturated carbocycles. The molecule has 0 atom stereocenters. The van der Waals surface area contributed by atoms with Crippen LogP contribution in [0.3, 0.4) is 0 Å². The van der Waals surface area contributed by atoms with Crippen molar-refractivity contribution in [3.8, 4) is 6.07 Å². The number of aliphatic hydroxyl groups excluding tert-OH is 1. The van der Waals surface area contributed by atoms with Gasteiger partial charge < -0.3 is 5.11 Å². The highest BCUT2D eigenvalue weighted by molar-refractivity contribution is 5.48. The van der Waals surface area contributed by atoms with Crippen molar-refractivity contribution in [1.82, 2.24) is 4.98 Å². The van der Waals surface area contributed by atoms with Gasteiger partial charge in [-0.25, -0.2) is 4.98 Å². The molecule has 1 aromatic heterocycles. The molecule has 13 heavy (non-hydrogen) atoms. The van der Waals surface area contributed by atoms with E-state index in [2.05, 4.69) is 4.98 Å². The summed E-state index contributed by atoms with van der Waals surface area (Å²) in [4.78, 5) is 3.90. The Hall–Kier alpha value is -1.66. The molecule has 0 fully saturated rings. The van der Waals surface area contributed by atoms with Crippen molar-refractivity contribution in [2.45, 2.75) is 6.42 Å². The van der Waals surface area contributed by atoms with Gasteiger partial charge in [0, 0.05) is 12.8 Å². The molecule has 0 amide bonds. The van der Waals surface area contributed by atoms with Gasteiger partial charge in [-0.05, 0) is 18.1 Å². The van der Waals surface area contributed by atoms with Crippen LogP contribution in [-0.4, -0.2) is 16.7 Å². The molecule has 3 heteroatoms. The van der Waals surface area contributed by atoms with Crippen LogP contribution in [0.4, 0.5) is 0 Å². The summed E-state index contributed by atoms with van der Waals surface area (Å²) >= 11 is 0. The summed E-state index contributed by atoms with van der Waals surface area (Å²) in [6.07, 6.45) is 6.00. The third-order valence-corrected chi connectivity index (χ3v) is 1.51. The van der Waals surface area contributed by atoms with E-state index in [0.717, 1.165) is 5.56 Å². The Kier molecular flexibility index (Phi) is 3.68. The van der Waals surface area contributed by atoms with E-state index in [4.69, 9.17) is 10.4 Å². The Labute approximate surface area is 77.0 Å². The summed E-state index contributed by atoms with van der Waals surface area (Å²) in [7, 11) is 0. The Morgan fingerprint density at radius 3 is 2.92 bits per heavy atom. The Bertz CT molecular complexity index is 322. The Morgan fingerprint density at radius 1 is 1.54 bits per heavy atom. The summed E-state index contributed by atoms with van der Waals surface area (Å²) < 4.78 is 0. The number of hydrogen-bond donors (Lipinski definition) is 1. The topological polar surface area (TPSA) is 56.9 Å². The average Bonchev–Trinajstić information content (AvgIpc) is 2.19. The summed E-state index contributed by atoms with van der Waals surface area (Å²) in [6.45, 7) is 0.153.